The maximum Gasteiger partial charge on any atom is 0.416 e. The third-order valence-corrected chi connectivity index (χ3v) is 6.12. The lowest BCUT2D eigenvalue weighted by Crippen LogP contribution is -2.51. The van der Waals surface area contributed by atoms with Crippen molar-refractivity contribution in [3.8, 4) is 0 Å². The Morgan fingerprint density at radius 2 is 2.00 bits per heavy atom. The molecule has 2 aliphatic rings. The van der Waals surface area contributed by atoms with Crippen molar-refractivity contribution in [2.75, 3.05) is 16.8 Å². The number of hydrogen-bond acceptors (Lipinski definition) is 3. The molecule has 4 nitrogen and oxygen atoms in total. The molecule has 2 bridgehead atoms. The van der Waals surface area contributed by atoms with E-state index in [-0.39, 0.29) is 28.8 Å². The highest BCUT2D eigenvalue weighted by molar-refractivity contribution is 6.29. The van der Waals surface area contributed by atoms with Crippen molar-refractivity contribution in [3.63, 3.8) is 0 Å². The fourth-order valence-electron chi connectivity index (χ4n) is 4.58. The standard InChI is InChI=1S/C21H21ClF3N3O/c1-12-4-3-5-15(8-12)27(2)20(29)19-13-6-7-16(9-13)28(19)18-11-14(21(23,24)25)10-17(22)26-18/h3-5,8,10-11,13,16,19H,6-7,9H2,1-2H3. The summed E-state index contributed by atoms with van der Waals surface area (Å²) in [4.78, 5) is 20.9. The Morgan fingerprint density at radius 1 is 1.24 bits per heavy atom. The maximum atomic E-state index is 13.4. The van der Waals surface area contributed by atoms with E-state index in [4.69, 9.17) is 11.6 Å². The lowest BCUT2D eigenvalue weighted by atomic mass is 9.97. The summed E-state index contributed by atoms with van der Waals surface area (Å²) in [6.45, 7) is 1.94. The molecule has 1 aromatic carbocycles. The topological polar surface area (TPSA) is 36.4 Å². The van der Waals surface area contributed by atoms with E-state index in [1.54, 1.807) is 16.8 Å². The minimum Gasteiger partial charge on any atom is -0.341 e. The molecule has 1 aliphatic heterocycles. The minimum absolute atomic E-state index is 0.00749. The highest BCUT2D eigenvalue weighted by atomic mass is 35.5. The number of anilines is 2. The van der Waals surface area contributed by atoms with Gasteiger partial charge in [0.2, 0.25) is 5.91 Å². The first-order valence-corrected chi connectivity index (χ1v) is 9.90. The SMILES string of the molecule is Cc1cccc(N(C)C(=O)C2C3CCC(C3)N2c2cc(C(F)(F)F)cc(Cl)n2)c1. The molecule has 0 spiro atoms. The number of aromatic nitrogens is 1. The summed E-state index contributed by atoms with van der Waals surface area (Å²) in [6.07, 6.45) is -2.05. The molecule has 0 radical (unpaired) electrons. The smallest absolute Gasteiger partial charge is 0.341 e. The van der Waals surface area contributed by atoms with Gasteiger partial charge in [0.05, 0.1) is 5.56 Å². The van der Waals surface area contributed by atoms with E-state index in [1.807, 2.05) is 31.2 Å². The summed E-state index contributed by atoms with van der Waals surface area (Å²) in [6, 6.07) is 8.84. The van der Waals surface area contributed by atoms with Crippen LogP contribution in [0.15, 0.2) is 36.4 Å². The van der Waals surface area contributed by atoms with E-state index < -0.39 is 17.8 Å². The third kappa shape index (κ3) is 3.68. The number of amides is 1. The van der Waals surface area contributed by atoms with Crippen LogP contribution < -0.4 is 9.80 Å². The zero-order valence-electron chi connectivity index (χ0n) is 16.1. The van der Waals surface area contributed by atoms with Crippen molar-refractivity contribution in [2.24, 2.45) is 5.92 Å². The summed E-state index contributed by atoms with van der Waals surface area (Å²) in [7, 11) is 1.70. The maximum absolute atomic E-state index is 13.4. The van der Waals surface area contributed by atoms with E-state index in [2.05, 4.69) is 4.98 Å². The Morgan fingerprint density at radius 3 is 2.69 bits per heavy atom. The number of nitrogens with zero attached hydrogens (tertiary/aromatic N) is 3. The van der Waals surface area contributed by atoms with Crippen molar-refractivity contribution >= 4 is 29.0 Å². The highest BCUT2D eigenvalue weighted by Gasteiger charge is 2.51. The molecule has 1 aromatic heterocycles. The Kier molecular flexibility index (Phi) is 4.97. The number of carbonyl (C=O) groups is 1. The van der Waals surface area contributed by atoms with Gasteiger partial charge < -0.3 is 9.80 Å². The average molecular weight is 424 g/mol. The van der Waals surface area contributed by atoms with E-state index in [1.165, 1.54) is 0 Å². The average Bonchev–Trinajstić information content (AvgIpc) is 3.27. The van der Waals surface area contributed by atoms with Gasteiger partial charge in [0, 0.05) is 18.8 Å². The van der Waals surface area contributed by atoms with Gasteiger partial charge in [-0.05, 0) is 61.9 Å². The number of benzene rings is 1. The molecule has 8 heteroatoms. The summed E-state index contributed by atoms with van der Waals surface area (Å²) in [5, 5.41) is -0.226. The molecular formula is C21H21ClF3N3O. The number of carbonyl (C=O) groups excluding carboxylic acids is 1. The predicted octanol–water partition coefficient (Wildman–Crippen LogP) is 5.08. The lowest BCUT2D eigenvalue weighted by molar-refractivity contribution is -0.137. The van der Waals surface area contributed by atoms with Crippen LogP contribution in [0.4, 0.5) is 24.7 Å². The van der Waals surface area contributed by atoms with Gasteiger partial charge >= 0.3 is 6.18 Å². The second-order valence-corrected chi connectivity index (χ2v) is 8.24. The second kappa shape index (κ2) is 7.20. The van der Waals surface area contributed by atoms with Crippen LogP contribution in [0, 0.1) is 12.8 Å². The molecule has 1 amide bonds. The van der Waals surface area contributed by atoms with Crippen molar-refractivity contribution in [1.82, 2.24) is 4.98 Å². The number of piperidine rings is 1. The lowest BCUT2D eigenvalue weighted by Gasteiger charge is -2.37. The van der Waals surface area contributed by atoms with Gasteiger partial charge in [-0.15, -0.1) is 0 Å². The first kappa shape index (κ1) is 20.0. The Hall–Kier alpha value is -2.28. The van der Waals surface area contributed by atoms with Gasteiger partial charge in [0.15, 0.2) is 0 Å². The van der Waals surface area contributed by atoms with Crippen LogP contribution in [0.5, 0.6) is 0 Å². The predicted molar refractivity (Wildman–Crippen MR) is 106 cm³/mol. The number of fused-ring (bicyclic) bond motifs is 2. The first-order valence-electron chi connectivity index (χ1n) is 9.52. The van der Waals surface area contributed by atoms with Crippen LogP contribution in [-0.2, 0) is 11.0 Å². The van der Waals surface area contributed by atoms with E-state index in [9.17, 15) is 18.0 Å². The van der Waals surface area contributed by atoms with Crippen molar-refractivity contribution in [2.45, 2.75) is 44.4 Å². The molecule has 3 unspecified atom stereocenters. The number of halogens is 4. The largest absolute Gasteiger partial charge is 0.416 e. The molecule has 154 valence electrons. The number of alkyl halides is 3. The molecule has 1 aliphatic carbocycles. The highest BCUT2D eigenvalue weighted by Crippen LogP contribution is 2.46. The summed E-state index contributed by atoms with van der Waals surface area (Å²) >= 11 is 5.91. The molecule has 2 heterocycles. The molecule has 2 aromatic rings. The Labute approximate surface area is 172 Å². The van der Waals surface area contributed by atoms with Crippen LogP contribution in [-0.4, -0.2) is 30.0 Å². The van der Waals surface area contributed by atoms with Gasteiger partial charge in [0.1, 0.15) is 17.0 Å². The van der Waals surface area contributed by atoms with Crippen molar-refractivity contribution in [1.29, 1.82) is 0 Å². The molecular weight excluding hydrogens is 403 g/mol. The molecule has 1 saturated carbocycles. The normalized spacial score (nSPS) is 23.5. The molecule has 1 saturated heterocycles. The Balaban J connectivity index is 1.70. The van der Waals surface area contributed by atoms with Crippen LogP contribution in [0.3, 0.4) is 0 Å². The van der Waals surface area contributed by atoms with Gasteiger partial charge in [-0.1, -0.05) is 23.7 Å². The number of rotatable bonds is 3. The van der Waals surface area contributed by atoms with Gasteiger partial charge in [-0.2, -0.15) is 13.2 Å². The molecule has 29 heavy (non-hydrogen) atoms. The Bertz CT molecular complexity index is 949. The van der Waals surface area contributed by atoms with E-state index >= 15 is 0 Å². The van der Waals surface area contributed by atoms with E-state index in [0.717, 1.165) is 42.6 Å². The molecule has 3 atom stereocenters. The van der Waals surface area contributed by atoms with Crippen LogP contribution in [0.2, 0.25) is 5.15 Å². The zero-order chi connectivity index (χ0) is 20.9. The quantitative estimate of drug-likeness (QED) is 0.646. The monoisotopic (exact) mass is 423 g/mol. The fraction of sp³-hybridized carbons (Fsp3) is 0.429. The summed E-state index contributed by atoms with van der Waals surface area (Å²) in [5.74, 6) is 0.0704. The minimum atomic E-state index is -4.53. The van der Waals surface area contributed by atoms with Gasteiger partial charge in [0.25, 0.3) is 0 Å². The molecule has 4 rings (SSSR count). The van der Waals surface area contributed by atoms with E-state index in [0.29, 0.717) is 0 Å². The van der Waals surface area contributed by atoms with Crippen molar-refractivity contribution in [3.05, 3.63) is 52.7 Å². The van der Waals surface area contributed by atoms with Crippen LogP contribution >= 0.6 is 11.6 Å². The zero-order valence-corrected chi connectivity index (χ0v) is 16.8. The summed E-state index contributed by atoms with van der Waals surface area (Å²) < 4.78 is 39.9. The number of hydrogen-bond donors (Lipinski definition) is 0. The van der Waals surface area contributed by atoms with Crippen molar-refractivity contribution < 1.29 is 18.0 Å². The number of likely N-dealkylation sites (N-methyl/N-ethyl adjacent to an activating group) is 1. The number of aryl methyl sites for hydroxylation is 1. The summed E-state index contributed by atoms with van der Waals surface area (Å²) in [5.41, 5.74) is 0.930. The molecule has 2 fully saturated rings. The first-order chi connectivity index (χ1) is 13.6. The van der Waals surface area contributed by atoms with Crippen LogP contribution in [0.25, 0.3) is 0 Å². The number of pyridine rings is 1. The van der Waals surface area contributed by atoms with Crippen LogP contribution in [0.1, 0.15) is 30.4 Å². The van der Waals surface area contributed by atoms with Gasteiger partial charge in [-0.25, -0.2) is 4.98 Å². The fourth-order valence-corrected chi connectivity index (χ4v) is 4.78. The second-order valence-electron chi connectivity index (χ2n) is 7.85. The van der Waals surface area contributed by atoms with Gasteiger partial charge in [-0.3, -0.25) is 4.79 Å². The molecule has 0 N–H and O–H groups in total. The third-order valence-electron chi connectivity index (χ3n) is 5.93.